The van der Waals surface area contributed by atoms with Gasteiger partial charge in [0.25, 0.3) is 0 Å². The number of rotatable bonds is 5. The number of aliphatic hydroxyl groups is 1. The fraction of sp³-hybridized carbons (Fsp3) is 0.235. The Kier molecular flexibility index (Phi) is 5.83. The van der Waals surface area contributed by atoms with E-state index in [9.17, 15) is 4.79 Å². The van der Waals surface area contributed by atoms with Gasteiger partial charge in [-0.15, -0.1) is 0 Å². The molecule has 2 aromatic rings. The number of carbonyl (C=O) groups excluding carboxylic acids is 1. The highest BCUT2D eigenvalue weighted by atomic mass is 35.5. The van der Waals surface area contributed by atoms with Crippen molar-refractivity contribution in [2.45, 2.75) is 26.4 Å². The molecule has 3 nitrogen and oxygen atoms in total. The van der Waals surface area contributed by atoms with Crippen molar-refractivity contribution in [1.29, 1.82) is 0 Å². The number of amides is 1. The van der Waals surface area contributed by atoms with Crippen LogP contribution in [0, 0.1) is 6.92 Å². The molecule has 2 rings (SSSR count). The normalized spacial score (nSPS) is 10.5. The Morgan fingerprint density at radius 1 is 1.18 bits per heavy atom. The first-order chi connectivity index (χ1) is 10.5. The fourth-order valence-electron chi connectivity index (χ4n) is 2.09. The maximum atomic E-state index is 12.1. The maximum Gasteiger partial charge on any atom is 0.224 e. The standard InChI is InChI=1S/C17H17Cl2NO2/c1-11-2-3-12(10-21)8-16(11)20-17(22)7-5-13-4-6-14(18)9-15(13)19/h2-4,6,8-9,21H,5,7,10H2,1H3,(H,20,22). The second-order valence-electron chi connectivity index (χ2n) is 5.09. The molecule has 0 aromatic heterocycles. The lowest BCUT2D eigenvalue weighted by Crippen LogP contribution is -2.13. The van der Waals surface area contributed by atoms with Gasteiger partial charge in [0, 0.05) is 22.2 Å². The Labute approximate surface area is 139 Å². The Hall–Kier alpha value is -1.55. The zero-order chi connectivity index (χ0) is 16.1. The Bertz CT molecular complexity index is 686. The summed E-state index contributed by atoms with van der Waals surface area (Å²) in [5.41, 5.74) is 3.33. The van der Waals surface area contributed by atoms with Gasteiger partial charge in [0.05, 0.1) is 6.61 Å². The SMILES string of the molecule is Cc1ccc(CO)cc1NC(=O)CCc1ccc(Cl)cc1Cl. The molecular weight excluding hydrogens is 321 g/mol. The van der Waals surface area contributed by atoms with Crippen LogP contribution in [0.5, 0.6) is 0 Å². The third kappa shape index (κ3) is 4.47. The van der Waals surface area contributed by atoms with Crippen molar-refractivity contribution in [2.24, 2.45) is 0 Å². The van der Waals surface area contributed by atoms with Gasteiger partial charge in [-0.05, 0) is 48.2 Å². The second kappa shape index (κ2) is 7.63. The van der Waals surface area contributed by atoms with E-state index in [0.29, 0.717) is 22.9 Å². The third-order valence-corrected chi connectivity index (χ3v) is 3.98. The van der Waals surface area contributed by atoms with Gasteiger partial charge in [-0.3, -0.25) is 4.79 Å². The van der Waals surface area contributed by atoms with E-state index in [1.54, 1.807) is 18.2 Å². The average Bonchev–Trinajstić information content (AvgIpc) is 2.48. The van der Waals surface area contributed by atoms with Crippen LogP contribution in [0.4, 0.5) is 5.69 Å². The minimum absolute atomic E-state index is 0.0521. The molecule has 22 heavy (non-hydrogen) atoms. The Balaban J connectivity index is 1.98. The minimum atomic E-state index is -0.0933. The van der Waals surface area contributed by atoms with E-state index >= 15 is 0 Å². The van der Waals surface area contributed by atoms with Crippen molar-refractivity contribution in [3.05, 3.63) is 63.1 Å². The quantitative estimate of drug-likeness (QED) is 0.851. The van der Waals surface area contributed by atoms with E-state index in [-0.39, 0.29) is 12.5 Å². The molecule has 1 amide bonds. The summed E-state index contributed by atoms with van der Waals surface area (Å²) in [6, 6.07) is 10.7. The number of halogens is 2. The highest BCUT2D eigenvalue weighted by Crippen LogP contribution is 2.22. The first kappa shape index (κ1) is 16.8. The van der Waals surface area contributed by atoms with Gasteiger partial charge in [-0.2, -0.15) is 0 Å². The molecule has 5 heteroatoms. The first-order valence-corrected chi connectivity index (χ1v) is 7.69. The highest BCUT2D eigenvalue weighted by molar-refractivity contribution is 6.35. The predicted molar refractivity (Wildman–Crippen MR) is 90.5 cm³/mol. The molecule has 0 atom stereocenters. The van der Waals surface area contributed by atoms with E-state index in [4.69, 9.17) is 28.3 Å². The molecule has 0 radical (unpaired) electrons. The predicted octanol–water partition coefficient (Wildman–Crippen LogP) is 4.37. The Morgan fingerprint density at radius 2 is 1.95 bits per heavy atom. The van der Waals surface area contributed by atoms with Crippen LogP contribution in [0.15, 0.2) is 36.4 Å². The molecule has 0 aliphatic rings. The van der Waals surface area contributed by atoms with Crippen LogP contribution < -0.4 is 5.32 Å². The van der Waals surface area contributed by atoms with Crippen LogP contribution in [-0.4, -0.2) is 11.0 Å². The lowest BCUT2D eigenvalue weighted by atomic mass is 10.1. The number of carbonyl (C=O) groups is 1. The summed E-state index contributed by atoms with van der Waals surface area (Å²) >= 11 is 11.9. The molecule has 2 aromatic carbocycles. The van der Waals surface area contributed by atoms with Crippen molar-refractivity contribution >= 4 is 34.8 Å². The molecule has 0 heterocycles. The van der Waals surface area contributed by atoms with Gasteiger partial charge in [0.2, 0.25) is 5.91 Å². The zero-order valence-corrected chi connectivity index (χ0v) is 13.7. The van der Waals surface area contributed by atoms with Gasteiger partial charge >= 0.3 is 0 Å². The summed E-state index contributed by atoms with van der Waals surface area (Å²) < 4.78 is 0. The fourth-order valence-corrected chi connectivity index (χ4v) is 2.59. The third-order valence-electron chi connectivity index (χ3n) is 3.40. The lowest BCUT2D eigenvalue weighted by Gasteiger charge is -2.10. The molecule has 2 N–H and O–H groups in total. The van der Waals surface area contributed by atoms with Crippen LogP contribution in [-0.2, 0) is 17.8 Å². The molecule has 0 saturated heterocycles. The zero-order valence-electron chi connectivity index (χ0n) is 12.2. The number of hydrogen-bond acceptors (Lipinski definition) is 2. The van der Waals surface area contributed by atoms with Gasteiger partial charge in [0.15, 0.2) is 0 Å². The van der Waals surface area contributed by atoms with Crippen molar-refractivity contribution < 1.29 is 9.90 Å². The molecule has 116 valence electrons. The van der Waals surface area contributed by atoms with E-state index in [1.807, 2.05) is 25.1 Å². The monoisotopic (exact) mass is 337 g/mol. The number of hydrogen-bond donors (Lipinski definition) is 2. The Morgan fingerprint density at radius 3 is 2.64 bits per heavy atom. The van der Waals surface area contributed by atoms with Crippen LogP contribution >= 0.6 is 23.2 Å². The summed E-state index contributed by atoms with van der Waals surface area (Å²) in [5.74, 6) is -0.0933. The maximum absolute atomic E-state index is 12.1. The van der Waals surface area contributed by atoms with Gasteiger partial charge in [0.1, 0.15) is 0 Å². The lowest BCUT2D eigenvalue weighted by molar-refractivity contribution is -0.116. The molecule has 0 aliphatic carbocycles. The number of anilines is 1. The first-order valence-electron chi connectivity index (χ1n) is 6.94. The second-order valence-corrected chi connectivity index (χ2v) is 5.93. The molecule has 0 aliphatic heterocycles. The van der Waals surface area contributed by atoms with Crippen molar-refractivity contribution in [1.82, 2.24) is 0 Å². The summed E-state index contributed by atoms with van der Waals surface area (Å²) in [4.78, 5) is 12.1. The summed E-state index contributed by atoms with van der Waals surface area (Å²) in [7, 11) is 0. The van der Waals surface area contributed by atoms with Crippen LogP contribution in [0.3, 0.4) is 0 Å². The largest absolute Gasteiger partial charge is 0.392 e. The van der Waals surface area contributed by atoms with Crippen molar-refractivity contribution in [3.63, 3.8) is 0 Å². The molecule has 0 spiro atoms. The van der Waals surface area contributed by atoms with E-state index in [1.165, 1.54) is 0 Å². The van der Waals surface area contributed by atoms with E-state index in [2.05, 4.69) is 5.32 Å². The van der Waals surface area contributed by atoms with Crippen LogP contribution in [0.25, 0.3) is 0 Å². The van der Waals surface area contributed by atoms with Crippen LogP contribution in [0.2, 0.25) is 10.0 Å². The smallest absolute Gasteiger partial charge is 0.224 e. The molecular formula is C17H17Cl2NO2. The number of nitrogens with one attached hydrogen (secondary N) is 1. The number of aliphatic hydroxyl groups excluding tert-OH is 1. The average molecular weight is 338 g/mol. The molecule has 0 unspecified atom stereocenters. The molecule has 0 saturated carbocycles. The summed E-state index contributed by atoms with van der Waals surface area (Å²) in [6.07, 6.45) is 0.866. The number of aryl methyl sites for hydroxylation is 2. The summed E-state index contributed by atoms with van der Waals surface area (Å²) in [6.45, 7) is 1.86. The number of benzene rings is 2. The topological polar surface area (TPSA) is 49.3 Å². The van der Waals surface area contributed by atoms with Gasteiger partial charge in [-0.25, -0.2) is 0 Å². The molecule has 0 bridgehead atoms. The minimum Gasteiger partial charge on any atom is -0.392 e. The van der Waals surface area contributed by atoms with Crippen molar-refractivity contribution in [3.8, 4) is 0 Å². The molecule has 0 fully saturated rings. The van der Waals surface area contributed by atoms with Crippen LogP contribution in [0.1, 0.15) is 23.1 Å². The van der Waals surface area contributed by atoms with E-state index in [0.717, 1.165) is 22.4 Å². The van der Waals surface area contributed by atoms with Crippen molar-refractivity contribution in [2.75, 3.05) is 5.32 Å². The van der Waals surface area contributed by atoms with E-state index < -0.39 is 0 Å². The summed E-state index contributed by atoms with van der Waals surface area (Å²) in [5, 5.41) is 13.2. The van der Waals surface area contributed by atoms with Gasteiger partial charge in [-0.1, -0.05) is 41.4 Å². The highest BCUT2D eigenvalue weighted by Gasteiger charge is 2.08. The van der Waals surface area contributed by atoms with Gasteiger partial charge < -0.3 is 10.4 Å².